The highest BCUT2D eigenvalue weighted by molar-refractivity contribution is 5.85. The Morgan fingerprint density at radius 1 is 0.955 bits per heavy atom. The zero-order valence-corrected chi connectivity index (χ0v) is 14.2. The lowest BCUT2D eigenvalue weighted by Gasteiger charge is -2.44. The summed E-state index contributed by atoms with van der Waals surface area (Å²) in [6.45, 7) is 4.46. The van der Waals surface area contributed by atoms with Gasteiger partial charge in [-0.25, -0.2) is 0 Å². The Morgan fingerprint density at radius 3 is 2.14 bits per heavy atom. The fourth-order valence-electron chi connectivity index (χ4n) is 6.52. The van der Waals surface area contributed by atoms with Crippen molar-refractivity contribution in [2.45, 2.75) is 44.9 Å². The first-order valence-corrected chi connectivity index (χ1v) is 9.27. The van der Waals surface area contributed by atoms with Crippen molar-refractivity contribution in [3.8, 4) is 0 Å². The minimum Gasteiger partial charge on any atom is -0.342 e. The highest BCUT2D eigenvalue weighted by atomic mass is 35.5. The Bertz CT molecular complexity index is 436. The molecule has 4 atom stereocenters. The normalized spacial score (nSPS) is 44.5. The summed E-state index contributed by atoms with van der Waals surface area (Å²) in [5.74, 6) is 4.48. The summed E-state index contributed by atoms with van der Waals surface area (Å²) < 4.78 is 0. The highest BCUT2D eigenvalue weighted by Crippen LogP contribution is 2.69. The van der Waals surface area contributed by atoms with Crippen molar-refractivity contribution >= 4 is 18.3 Å². The number of halogens is 1. The van der Waals surface area contributed by atoms with E-state index in [1.165, 1.54) is 58.0 Å². The Labute approximate surface area is 140 Å². The van der Waals surface area contributed by atoms with E-state index in [1.807, 2.05) is 0 Å². The van der Waals surface area contributed by atoms with Gasteiger partial charge in [0, 0.05) is 19.0 Å². The average molecular weight is 325 g/mol. The van der Waals surface area contributed by atoms with Crippen LogP contribution in [0.25, 0.3) is 0 Å². The van der Waals surface area contributed by atoms with Gasteiger partial charge in [-0.2, -0.15) is 0 Å². The van der Waals surface area contributed by atoms with E-state index in [1.54, 1.807) is 0 Å². The monoisotopic (exact) mass is 324 g/mol. The molecule has 1 N–H and O–H groups in total. The number of carbonyl (C=O) groups is 1. The van der Waals surface area contributed by atoms with E-state index in [9.17, 15) is 4.79 Å². The summed E-state index contributed by atoms with van der Waals surface area (Å²) in [6, 6.07) is 0. The number of hydrogen-bond donors (Lipinski definition) is 1. The molecule has 0 aromatic heterocycles. The molecule has 5 aliphatic rings. The standard InChI is InChI=1S/C18H28N2O.ClH/c21-17(16-14-12-1-2-13(11-12)15(14)16)20-9-5-18(6-10-20)3-7-19-8-4-18;/h12-16,19H,1-11H2;1H. The number of fused-ring (bicyclic) bond motifs is 5. The molecule has 0 aromatic rings. The predicted octanol–water partition coefficient (Wildman–Crippen LogP) is 2.69. The molecule has 2 heterocycles. The molecule has 2 saturated heterocycles. The van der Waals surface area contributed by atoms with Crippen LogP contribution in [0.5, 0.6) is 0 Å². The number of carbonyl (C=O) groups excluding carboxylic acids is 1. The molecule has 22 heavy (non-hydrogen) atoms. The van der Waals surface area contributed by atoms with Gasteiger partial charge in [-0.05, 0) is 87.1 Å². The van der Waals surface area contributed by atoms with Gasteiger partial charge in [0.15, 0.2) is 0 Å². The quantitative estimate of drug-likeness (QED) is 0.804. The number of nitrogens with one attached hydrogen (secondary N) is 1. The molecule has 2 bridgehead atoms. The molecule has 3 aliphatic carbocycles. The molecule has 3 nitrogen and oxygen atoms in total. The molecule has 124 valence electrons. The van der Waals surface area contributed by atoms with Crippen molar-refractivity contribution in [2.75, 3.05) is 26.2 Å². The Kier molecular flexibility index (Phi) is 3.73. The van der Waals surface area contributed by atoms with E-state index in [4.69, 9.17) is 0 Å². The van der Waals surface area contributed by atoms with Crippen LogP contribution in [0.4, 0.5) is 0 Å². The summed E-state index contributed by atoms with van der Waals surface area (Å²) in [7, 11) is 0. The summed E-state index contributed by atoms with van der Waals surface area (Å²) in [5, 5.41) is 3.48. The summed E-state index contributed by atoms with van der Waals surface area (Å²) in [4.78, 5) is 15.1. The number of nitrogens with zero attached hydrogens (tertiary/aromatic N) is 1. The Morgan fingerprint density at radius 2 is 1.55 bits per heavy atom. The van der Waals surface area contributed by atoms with Crippen LogP contribution in [-0.4, -0.2) is 37.0 Å². The molecule has 4 unspecified atom stereocenters. The molecule has 1 amide bonds. The Balaban J connectivity index is 0.00000125. The maximum Gasteiger partial charge on any atom is 0.226 e. The van der Waals surface area contributed by atoms with Gasteiger partial charge in [0.05, 0.1) is 0 Å². The van der Waals surface area contributed by atoms with Gasteiger partial charge in [0.1, 0.15) is 0 Å². The number of piperidine rings is 2. The van der Waals surface area contributed by atoms with E-state index >= 15 is 0 Å². The molecule has 3 saturated carbocycles. The first-order valence-electron chi connectivity index (χ1n) is 9.27. The minimum absolute atomic E-state index is 0. The molecule has 4 heteroatoms. The predicted molar refractivity (Wildman–Crippen MR) is 88.9 cm³/mol. The van der Waals surface area contributed by atoms with Crippen molar-refractivity contribution < 1.29 is 4.79 Å². The van der Waals surface area contributed by atoms with Crippen LogP contribution < -0.4 is 5.32 Å². The van der Waals surface area contributed by atoms with Gasteiger partial charge in [-0.15, -0.1) is 12.4 Å². The van der Waals surface area contributed by atoms with E-state index in [2.05, 4.69) is 10.2 Å². The van der Waals surface area contributed by atoms with E-state index in [0.717, 1.165) is 36.8 Å². The van der Waals surface area contributed by atoms with Gasteiger partial charge in [-0.3, -0.25) is 4.79 Å². The van der Waals surface area contributed by atoms with Crippen LogP contribution in [-0.2, 0) is 4.79 Å². The van der Waals surface area contributed by atoms with E-state index in [0.29, 0.717) is 17.2 Å². The topological polar surface area (TPSA) is 32.3 Å². The van der Waals surface area contributed by atoms with Crippen LogP contribution in [0.15, 0.2) is 0 Å². The fraction of sp³-hybridized carbons (Fsp3) is 0.944. The van der Waals surface area contributed by atoms with Crippen molar-refractivity contribution in [1.29, 1.82) is 0 Å². The van der Waals surface area contributed by atoms with Gasteiger partial charge >= 0.3 is 0 Å². The zero-order valence-electron chi connectivity index (χ0n) is 13.4. The highest BCUT2D eigenvalue weighted by Gasteiger charge is 2.68. The van der Waals surface area contributed by atoms with Crippen LogP contribution in [0, 0.1) is 35.0 Å². The average Bonchev–Trinajstić information content (AvgIpc) is 2.95. The first-order chi connectivity index (χ1) is 10.3. The van der Waals surface area contributed by atoms with Crippen molar-refractivity contribution in [1.82, 2.24) is 10.2 Å². The third-order valence-electron chi connectivity index (χ3n) is 7.82. The SMILES string of the molecule is Cl.O=C(C1C2C3CCC(C3)C12)N1CCC2(CCNCC2)CC1. The minimum atomic E-state index is 0. The lowest BCUT2D eigenvalue weighted by atomic mass is 9.71. The van der Waals surface area contributed by atoms with Crippen molar-refractivity contribution in [3.63, 3.8) is 0 Å². The third kappa shape index (κ3) is 2.15. The van der Waals surface area contributed by atoms with Gasteiger partial charge in [0.25, 0.3) is 0 Å². The second-order valence-corrected chi connectivity index (χ2v) is 8.59. The fourth-order valence-corrected chi connectivity index (χ4v) is 6.52. The van der Waals surface area contributed by atoms with E-state index in [-0.39, 0.29) is 12.4 Å². The lowest BCUT2D eigenvalue weighted by Crippen LogP contribution is -2.48. The maximum atomic E-state index is 12.9. The summed E-state index contributed by atoms with van der Waals surface area (Å²) >= 11 is 0. The summed E-state index contributed by atoms with van der Waals surface area (Å²) in [5.41, 5.74) is 0.570. The smallest absolute Gasteiger partial charge is 0.226 e. The van der Waals surface area contributed by atoms with Gasteiger partial charge < -0.3 is 10.2 Å². The molecule has 0 aromatic carbocycles. The van der Waals surface area contributed by atoms with Crippen molar-refractivity contribution in [2.24, 2.45) is 35.0 Å². The zero-order chi connectivity index (χ0) is 14.0. The molecular weight excluding hydrogens is 296 g/mol. The number of likely N-dealkylation sites (tertiary alicyclic amines) is 1. The van der Waals surface area contributed by atoms with Gasteiger partial charge in [-0.1, -0.05) is 0 Å². The molecule has 0 radical (unpaired) electrons. The molecule has 1 spiro atoms. The number of amides is 1. The maximum absolute atomic E-state index is 12.9. The van der Waals surface area contributed by atoms with Crippen LogP contribution in [0.3, 0.4) is 0 Å². The lowest BCUT2D eigenvalue weighted by molar-refractivity contribution is -0.136. The van der Waals surface area contributed by atoms with Crippen LogP contribution in [0.1, 0.15) is 44.9 Å². The second kappa shape index (κ2) is 5.37. The Hall–Kier alpha value is -0.280. The third-order valence-corrected chi connectivity index (χ3v) is 7.82. The van der Waals surface area contributed by atoms with E-state index < -0.39 is 0 Å². The molecule has 5 rings (SSSR count). The number of rotatable bonds is 1. The number of hydrogen-bond acceptors (Lipinski definition) is 2. The van der Waals surface area contributed by atoms with Crippen molar-refractivity contribution in [3.05, 3.63) is 0 Å². The second-order valence-electron chi connectivity index (χ2n) is 8.59. The first kappa shape index (κ1) is 15.3. The van der Waals surface area contributed by atoms with Crippen LogP contribution in [0.2, 0.25) is 0 Å². The largest absolute Gasteiger partial charge is 0.342 e. The van der Waals surface area contributed by atoms with Gasteiger partial charge in [0.2, 0.25) is 5.91 Å². The summed E-state index contributed by atoms with van der Waals surface area (Å²) in [6.07, 6.45) is 9.47. The van der Waals surface area contributed by atoms with Crippen LogP contribution >= 0.6 is 12.4 Å². The molecule has 2 aliphatic heterocycles. The molecule has 5 fully saturated rings. The molecular formula is C18H29ClN2O.